The quantitative estimate of drug-likeness (QED) is 0.287. The Labute approximate surface area is 96.8 Å². The summed E-state index contributed by atoms with van der Waals surface area (Å²) in [4.78, 5) is 0. The van der Waals surface area contributed by atoms with Crippen LogP contribution >= 0.6 is 0 Å². The molecule has 0 radical (unpaired) electrons. The lowest BCUT2D eigenvalue weighted by Gasteiger charge is -1.98. The first kappa shape index (κ1) is 16.6. The van der Waals surface area contributed by atoms with Gasteiger partial charge in [0.25, 0.3) is 0 Å². The van der Waals surface area contributed by atoms with Crippen LogP contribution in [-0.4, -0.2) is 0 Å². The van der Waals surface area contributed by atoms with Gasteiger partial charge in [-0.05, 0) is 26.2 Å². The van der Waals surface area contributed by atoms with Crippen LogP contribution in [0.2, 0.25) is 0 Å². The largest absolute Gasteiger partial charge is 0.103 e. The maximum atomic E-state index is 3.96. The van der Waals surface area contributed by atoms with Gasteiger partial charge in [0, 0.05) is 0 Å². The fraction of sp³-hybridized carbons (Fsp3) is 0.600. The molecule has 0 aromatic rings. The van der Waals surface area contributed by atoms with Crippen molar-refractivity contribution in [1.29, 1.82) is 0 Å². The maximum absolute atomic E-state index is 3.96. The van der Waals surface area contributed by atoms with Crippen molar-refractivity contribution in [2.24, 2.45) is 0 Å². The molecule has 0 nitrogen and oxygen atoms in total. The van der Waals surface area contributed by atoms with Gasteiger partial charge in [-0.3, -0.25) is 0 Å². The summed E-state index contributed by atoms with van der Waals surface area (Å²) < 4.78 is 0. The van der Waals surface area contributed by atoms with Crippen LogP contribution in [-0.2, 0) is 0 Å². The second-order valence-corrected chi connectivity index (χ2v) is 3.67. The predicted octanol–water partition coefficient (Wildman–Crippen LogP) is 5.67. The number of rotatable bonds is 7. The molecule has 0 unspecified atom stereocenters. The summed E-state index contributed by atoms with van der Waals surface area (Å²) in [6, 6.07) is 0. The zero-order valence-corrected chi connectivity index (χ0v) is 10.9. The van der Waals surface area contributed by atoms with Gasteiger partial charge in [0.15, 0.2) is 0 Å². The summed E-state index contributed by atoms with van der Waals surface area (Å²) >= 11 is 0. The Morgan fingerprint density at radius 1 is 1.13 bits per heavy atom. The Kier molecular flexibility index (Phi) is 17.4. The van der Waals surface area contributed by atoms with Crippen LogP contribution in [0.4, 0.5) is 0 Å². The van der Waals surface area contributed by atoms with Crippen LogP contribution in [0.15, 0.2) is 37.0 Å². The topological polar surface area (TPSA) is 0 Å². The van der Waals surface area contributed by atoms with Crippen molar-refractivity contribution in [3.63, 3.8) is 0 Å². The van der Waals surface area contributed by atoms with Crippen molar-refractivity contribution < 1.29 is 0 Å². The van der Waals surface area contributed by atoms with E-state index in [4.69, 9.17) is 0 Å². The van der Waals surface area contributed by atoms with E-state index in [-0.39, 0.29) is 0 Å². The lowest BCUT2D eigenvalue weighted by atomic mass is 10.1. The van der Waals surface area contributed by atoms with Crippen LogP contribution < -0.4 is 0 Å². The summed E-state index contributed by atoms with van der Waals surface area (Å²) in [5, 5.41) is 0. The molecular weight excluding hydrogens is 180 g/mol. The molecule has 0 aromatic carbocycles. The molecule has 0 heterocycles. The van der Waals surface area contributed by atoms with Crippen LogP contribution in [0, 0.1) is 0 Å². The van der Waals surface area contributed by atoms with Crippen LogP contribution in [0.5, 0.6) is 0 Å². The van der Waals surface area contributed by atoms with E-state index in [1.165, 1.54) is 37.7 Å². The van der Waals surface area contributed by atoms with E-state index in [9.17, 15) is 0 Å². The van der Waals surface area contributed by atoms with Gasteiger partial charge in [0.05, 0.1) is 0 Å². The van der Waals surface area contributed by atoms with Crippen molar-refractivity contribution in [3.05, 3.63) is 37.0 Å². The third kappa shape index (κ3) is 19.6. The first-order valence-corrected chi connectivity index (χ1v) is 6.14. The molecular formula is C15H28. The van der Waals surface area contributed by atoms with Crippen LogP contribution in [0.3, 0.4) is 0 Å². The molecule has 0 spiro atoms. The van der Waals surface area contributed by atoms with Gasteiger partial charge in [-0.1, -0.05) is 63.5 Å². The Morgan fingerprint density at radius 3 is 2.13 bits per heavy atom. The minimum Gasteiger partial charge on any atom is -0.103 e. The molecule has 0 rings (SSSR count). The Morgan fingerprint density at radius 2 is 1.73 bits per heavy atom. The van der Waals surface area contributed by atoms with Gasteiger partial charge in [-0.15, -0.1) is 6.58 Å². The van der Waals surface area contributed by atoms with Crippen molar-refractivity contribution in [2.45, 2.75) is 59.3 Å². The Bertz CT molecular complexity index is 163. The number of allylic oxidation sites excluding steroid dienone is 4. The third-order valence-corrected chi connectivity index (χ3v) is 2.04. The summed E-state index contributed by atoms with van der Waals surface area (Å²) in [5.41, 5.74) is 1.27. The highest BCUT2D eigenvalue weighted by Crippen LogP contribution is 2.08. The van der Waals surface area contributed by atoms with E-state index in [1.54, 1.807) is 0 Å². The van der Waals surface area contributed by atoms with E-state index in [2.05, 4.69) is 39.2 Å². The minimum absolute atomic E-state index is 1.08. The van der Waals surface area contributed by atoms with Crippen LogP contribution in [0.1, 0.15) is 59.3 Å². The van der Waals surface area contributed by atoms with Crippen molar-refractivity contribution >= 4 is 0 Å². The Balaban J connectivity index is 0. The third-order valence-electron chi connectivity index (χ3n) is 2.04. The highest BCUT2D eigenvalue weighted by Gasteiger charge is 1.89. The SMILES string of the molecule is C=C(C=CC)CCCCCC.C=CCC. The average Bonchev–Trinajstić information content (AvgIpc) is 2.25. The molecule has 0 aliphatic carbocycles. The van der Waals surface area contributed by atoms with E-state index in [1.807, 2.05) is 13.0 Å². The highest BCUT2D eigenvalue weighted by molar-refractivity contribution is 5.12. The normalized spacial score (nSPS) is 9.53. The molecule has 0 bridgehead atoms. The van der Waals surface area contributed by atoms with Gasteiger partial charge in [-0.25, -0.2) is 0 Å². The molecule has 0 saturated heterocycles. The van der Waals surface area contributed by atoms with Gasteiger partial charge >= 0.3 is 0 Å². The molecule has 0 N–H and O–H groups in total. The van der Waals surface area contributed by atoms with E-state index < -0.39 is 0 Å². The Hall–Kier alpha value is -0.780. The van der Waals surface area contributed by atoms with Crippen molar-refractivity contribution in [2.75, 3.05) is 0 Å². The zero-order valence-electron chi connectivity index (χ0n) is 10.9. The first-order chi connectivity index (χ1) is 7.22. The molecule has 0 saturated carbocycles. The monoisotopic (exact) mass is 208 g/mol. The van der Waals surface area contributed by atoms with Gasteiger partial charge in [0.1, 0.15) is 0 Å². The molecule has 0 aliphatic heterocycles. The fourth-order valence-corrected chi connectivity index (χ4v) is 1.10. The van der Waals surface area contributed by atoms with E-state index in [0.717, 1.165) is 6.42 Å². The second kappa shape index (κ2) is 15.7. The summed E-state index contributed by atoms with van der Waals surface area (Å²) in [7, 11) is 0. The smallest absolute Gasteiger partial charge is 0.0285 e. The minimum atomic E-state index is 1.08. The molecule has 88 valence electrons. The van der Waals surface area contributed by atoms with E-state index in [0.29, 0.717) is 0 Å². The molecule has 0 fully saturated rings. The molecule has 0 aliphatic rings. The predicted molar refractivity (Wildman–Crippen MR) is 73.2 cm³/mol. The molecule has 0 aromatic heterocycles. The molecule has 0 amide bonds. The maximum Gasteiger partial charge on any atom is -0.0285 e. The van der Waals surface area contributed by atoms with Crippen LogP contribution in [0.25, 0.3) is 0 Å². The van der Waals surface area contributed by atoms with Gasteiger partial charge in [0.2, 0.25) is 0 Å². The van der Waals surface area contributed by atoms with Gasteiger partial charge < -0.3 is 0 Å². The summed E-state index contributed by atoms with van der Waals surface area (Å²) in [6.45, 7) is 13.8. The summed E-state index contributed by atoms with van der Waals surface area (Å²) in [5.74, 6) is 0. The molecule has 0 heteroatoms. The lowest BCUT2D eigenvalue weighted by Crippen LogP contribution is -1.78. The second-order valence-electron chi connectivity index (χ2n) is 3.67. The standard InChI is InChI=1S/C11H20.C4H8/c1-4-6-7-8-10-11(3)9-5-2;1-3-4-2/h5,9H,3-4,6-8,10H2,1-2H3;3H,1,4H2,2H3. The van der Waals surface area contributed by atoms with Crippen molar-refractivity contribution in [3.8, 4) is 0 Å². The lowest BCUT2D eigenvalue weighted by molar-refractivity contribution is 0.668. The van der Waals surface area contributed by atoms with Gasteiger partial charge in [-0.2, -0.15) is 0 Å². The molecule has 15 heavy (non-hydrogen) atoms. The molecule has 0 atom stereocenters. The fourth-order valence-electron chi connectivity index (χ4n) is 1.10. The first-order valence-electron chi connectivity index (χ1n) is 6.14. The number of hydrogen-bond acceptors (Lipinski definition) is 0. The van der Waals surface area contributed by atoms with E-state index >= 15 is 0 Å². The average molecular weight is 208 g/mol. The number of hydrogen-bond donors (Lipinski definition) is 0. The zero-order chi connectivity index (χ0) is 11.9. The summed E-state index contributed by atoms with van der Waals surface area (Å²) in [6.07, 6.45) is 13.6. The number of unbranched alkanes of at least 4 members (excludes halogenated alkanes) is 3. The van der Waals surface area contributed by atoms with Crippen molar-refractivity contribution in [1.82, 2.24) is 0 Å². The highest BCUT2D eigenvalue weighted by atomic mass is 13.9.